The van der Waals surface area contributed by atoms with Gasteiger partial charge in [0.1, 0.15) is 0 Å². The molecule has 2 rings (SSSR count). The van der Waals surface area contributed by atoms with Crippen LogP contribution in [0.2, 0.25) is 0 Å². The maximum absolute atomic E-state index is 13.5. The van der Waals surface area contributed by atoms with Crippen LogP contribution in [0, 0.1) is 5.82 Å². The first kappa shape index (κ1) is 9.21. The average Bonchev–Trinajstić information content (AvgIpc) is 2.23. The summed E-state index contributed by atoms with van der Waals surface area (Å²) in [6.07, 6.45) is 1.52. The number of hydrogen-bond acceptors (Lipinski definition) is 4. The Bertz CT molecular complexity index is 326. The minimum atomic E-state index is -0.436. The van der Waals surface area contributed by atoms with Crippen molar-refractivity contribution in [1.82, 2.24) is 4.98 Å². The lowest BCUT2D eigenvalue weighted by Crippen LogP contribution is -2.37. The molecule has 14 heavy (non-hydrogen) atoms. The van der Waals surface area contributed by atoms with Crippen molar-refractivity contribution >= 4 is 11.5 Å². The van der Waals surface area contributed by atoms with Crippen LogP contribution in [-0.4, -0.2) is 31.3 Å². The highest BCUT2D eigenvalue weighted by Crippen LogP contribution is 2.21. The summed E-state index contributed by atoms with van der Waals surface area (Å²) in [4.78, 5) is 5.82. The third-order valence-electron chi connectivity index (χ3n) is 2.21. The third kappa shape index (κ3) is 1.63. The highest BCUT2D eigenvalue weighted by Gasteiger charge is 2.17. The summed E-state index contributed by atoms with van der Waals surface area (Å²) in [5.41, 5.74) is 5.59. The van der Waals surface area contributed by atoms with Crippen molar-refractivity contribution in [3.63, 3.8) is 0 Å². The summed E-state index contributed by atoms with van der Waals surface area (Å²) in [7, 11) is 0. The Kier molecular flexibility index (Phi) is 2.49. The van der Waals surface area contributed by atoms with Crippen molar-refractivity contribution in [3.05, 3.63) is 18.1 Å². The van der Waals surface area contributed by atoms with Crippen LogP contribution in [0.25, 0.3) is 0 Å². The Morgan fingerprint density at radius 2 is 2.14 bits per heavy atom. The zero-order chi connectivity index (χ0) is 9.97. The highest BCUT2D eigenvalue weighted by atomic mass is 19.1. The lowest BCUT2D eigenvalue weighted by Gasteiger charge is -2.28. The molecule has 1 aromatic rings. The second-order valence-electron chi connectivity index (χ2n) is 3.14. The van der Waals surface area contributed by atoms with Crippen LogP contribution in [-0.2, 0) is 4.74 Å². The van der Waals surface area contributed by atoms with Gasteiger partial charge in [-0.15, -0.1) is 0 Å². The van der Waals surface area contributed by atoms with E-state index in [2.05, 4.69) is 4.98 Å². The van der Waals surface area contributed by atoms with E-state index < -0.39 is 5.82 Å². The van der Waals surface area contributed by atoms with Gasteiger partial charge < -0.3 is 15.4 Å². The number of halogens is 1. The van der Waals surface area contributed by atoms with Gasteiger partial charge in [0.25, 0.3) is 0 Å². The summed E-state index contributed by atoms with van der Waals surface area (Å²) >= 11 is 0. The standard InChI is InChI=1S/C9H12FN3O/c10-8-7(11)1-2-12-9(8)13-3-5-14-6-4-13/h1-2H,3-6H2,(H2,11,12). The molecule has 4 nitrogen and oxygen atoms in total. The predicted octanol–water partition coefficient (Wildman–Crippen LogP) is 0.639. The molecule has 0 saturated carbocycles. The fraction of sp³-hybridized carbons (Fsp3) is 0.444. The van der Waals surface area contributed by atoms with E-state index in [-0.39, 0.29) is 5.69 Å². The van der Waals surface area contributed by atoms with Gasteiger partial charge in [0.2, 0.25) is 0 Å². The first-order chi connectivity index (χ1) is 6.79. The summed E-state index contributed by atoms with van der Waals surface area (Å²) in [6, 6.07) is 1.46. The molecular formula is C9H12FN3O. The molecule has 0 amide bonds. The van der Waals surface area contributed by atoms with Gasteiger partial charge in [-0.1, -0.05) is 0 Å². The molecule has 0 atom stereocenters. The van der Waals surface area contributed by atoms with Gasteiger partial charge in [-0.05, 0) is 6.07 Å². The Labute approximate surface area is 81.5 Å². The number of nitrogens with two attached hydrogens (primary N) is 1. The molecule has 1 aromatic heterocycles. The van der Waals surface area contributed by atoms with Crippen molar-refractivity contribution in [2.24, 2.45) is 0 Å². The maximum Gasteiger partial charge on any atom is 0.188 e. The number of anilines is 2. The van der Waals surface area contributed by atoms with Crippen molar-refractivity contribution in [3.8, 4) is 0 Å². The van der Waals surface area contributed by atoms with Gasteiger partial charge in [0, 0.05) is 19.3 Å². The number of hydrogen-bond donors (Lipinski definition) is 1. The number of rotatable bonds is 1. The van der Waals surface area contributed by atoms with E-state index >= 15 is 0 Å². The molecule has 0 spiro atoms. The molecule has 0 bridgehead atoms. The molecule has 0 aliphatic carbocycles. The van der Waals surface area contributed by atoms with E-state index in [1.165, 1.54) is 12.3 Å². The number of nitrogens with zero attached hydrogens (tertiary/aromatic N) is 2. The molecular weight excluding hydrogens is 185 g/mol. The zero-order valence-electron chi connectivity index (χ0n) is 7.74. The highest BCUT2D eigenvalue weighted by molar-refractivity contribution is 5.52. The van der Waals surface area contributed by atoms with E-state index in [1.54, 1.807) is 0 Å². The summed E-state index contributed by atoms with van der Waals surface area (Å²) < 4.78 is 18.7. The number of morpholine rings is 1. The SMILES string of the molecule is Nc1ccnc(N2CCOCC2)c1F. The van der Waals surface area contributed by atoms with Crippen molar-refractivity contribution in [1.29, 1.82) is 0 Å². The normalized spacial score (nSPS) is 17.1. The number of aromatic nitrogens is 1. The van der Waals surface area contributed by atoms with Gasteiger partial charge in [-0.25, -0.2) is 9.37 Å². The molecule has 1 saturated heterocycles. The van der Waals surface area contributed by atoms with E-state index in [4.69, 9.17) is 10.5 Å². The first-order valence-corrected chi connectivity index (χ1v) is 4.51. The van der Waals surface area contributed by atoms with Crippen molar-refractivity contribution in [2.45, 2.75) is 0 Å². The Hall–Kier alpha value is -1.36. The first-order valence-electron chi connectivity index (χ1n) is 4.51. The van der Waals surface area contributed by atoms with Crippen LogP contribution in [0.5, 0.6) is 0 Å². The van der Waals surface area contributed by atoms with E-state index in [9.17, 15) is 4.39 Å². The monoisotopic (exact) mass is 197 g/mol. The van der Waals surface area contributed by atoms with Crippen molar-refractivity contribution < 1.29 is 9.13 Å². The number of nitrogen functional groups attached to an aromatic ring is 1. The molecule has 76 valence electrons. The zero-order valence-corrected chi connectivity index (χ0v) is 7.74. The van der Waals surface area contributed by atoms with Crippen molar-refractivity contribution in [2.75, 3.05) is 36.9 Å². The fourth-order valence-corrected chi connectivity index (χ4v) is 1.44. The molecule has 0 radical (unpaired) electrons. The maximum atomic E-state index is 13.5. The van der Waals surface area contributed by atoms with E-state index in [0.29, 0.717) is 32.1 Å². The molecule has 0 unspecified atom stereocenters. The van der Waals surface area contributed by atoms with Gasteiger partial charge >= 0.3 is 0 Å². The molecule has 1 aliphatic heterocycles. The Balaban J connectivity index is 2.26. The second kappa shape index (κ2) is 3.79. The van der Waals surface area contributed by atoms with E-state index in [0.717, 1.165) is 0 Å². The molecule has 2 heterocycles. The third-order valence-corrected chi connectivity index (χ3v) is 2.21. The summed E-state index contributed by atoms with van der Waals surface area (Å²) in [5, 5.41) is 0. The topological polar surface area (TPSA) is 51.4 Å². The van der Waals surface area contributed by atoms with Gasteiger partial charge in [0.05, 0.1) is 18.9 Å². The molecule has 0 aromatic carbocycles. The second-order valence-corrected chi connectivity index (χ2v) is 3.14. The number of pyridine rings is 1. The van der Waals surface area contributed by atoms with Crippen LogP contribution in [0.15, 0.2) is 12.3 Å². The van der Waals surface area contributed by atoms with Crippen LogP contribution in [0.3, 0.4) is 0 Å². The van der Waals surface area contributed by atoms with Gasteiger partial charge in [0.15, 0.2) is 11.6 Å². The Morgan fingerprint density at radius 1 is 1.43 bits per heavy atom. The van der Waals surface area contributed by atoms with Crippen LogP contribution >= 0.6 is 0 Å². The van der Waals surface area contributed by atoms with Crippen LogP contribution < -0.4 is 10.6 Å². The molecule has 2 N–H and O–H groups in total. The molecule has 1 fully saturated rings. The predicted molar refractivity (Wildman–Crippen MR) is 51.6 cm³/mol. The van der Waals surface area contributed by atoms with Crippen LogP contribution in [0.1, 0.15) is 0 Å². The quantitative estimate of drug-likeness (QED) is 0.717. The minimum Gasteiger partial charge on any atom is -0.396 e. The molecule has 1 aliphatic rings. The summed E-state index contributed by atoms with van der Waals surface area (Å²) in [5.74, 6) is -0.109. The minimum absolute atomic E-state index is 0.140. The van der Waals surface area contributed by atoms with Crippen LogP contribution in [0.4, 0.5) is 15.9 Å². The Morgan fingerprint density at radius 3 is 2.86 bits per heavy atom. The van der Waals surface area contributed by atoms with E-state index in [1.807, 2.05) is 4.90 Å². The largest absolute Gasteiger partial charge is 0.396 e. The lowest BCUT2D eigenvalue weighted by molar-refractivity contribution is 0.122. The molecule has 5 heteroatoms. The number of ether oxygens (including phenoxy) is 1. The average molecular weight is 197 g/mol. The smallest absolute Gasteiger partial charge is 0.188 e. The lowest BCUT2D eigenvalue weighted by atomic mass is 10.3. The van der Waals surface area contributed by atoms with Gasteiger partial charge in [-0.3, -0.25) is 0 Å². The fourth-order valence-electron chi connectivity index (χ4n) is 1.44. The summed E-state index contributed by atoms with van der Waals surface area (Å²) in [6.45, 7) is 2.53. The van der Waals surface area contributed by atoms with Gasteiger partial charge in [-0.2, -0.15) is 0 Å².